The molecule has 0 radical (unpaired) electrons. The van der Waals surface area contributed by atoms with Crippen LogP contribution in [0.5, 0.6) is 0 Å². The molecule has 16 heavy (non-hydrogen) atoms. The minimum atomic E-state index is -0.506. The lowest BCUT2D eigenvalue weighted by atomic mass is 10.2. The van der Waals surface area contributed by atoms with Crippen molar-refractivity contribution in [3.8, 4) is 0 Å². The van der Waals surface area contributed by atoms with Crippen LogP contribution in [0.1, 0.15) is 11.3 Å². The second kappa shape index (κ2) is 3.52. The molecule has 0 amide bonds. The molecule has 2 aromatic rings. The lowest BCUT2D eigenvalue weighted by Gasteiger charge is -2.15. The number of hydrogen-bond acceptors (Lipinski definition) is 4. The van der Waals surface area contributed by atoms with E-state index in [-0.39, 0.29) is 0 Å². The molecule has 2 aromatic heterocycles. The minimum Gasteiger partial charge on any atom is -0.346 e. The van der Waals surface area contributed by atoms with E-state index in [0.717, 1.165) is 12.2 Å². The fourth-order valence-corrected chi connectivity index (χ4v) is 1.86. The average Bonchev–Trinajstić information content (AvgIpc) is 2.72. The maximum atomic E-state index is 13.0. The van der Waals surface area contributed by atoms with Crippen molar-refractivity contribution in [1.82, 2.24) is 15.0 Å². The Labute approximate surface area is 91.8 Å². The fraction of sp³-hybridized carbons (Fsp3) is 0.182. The molecule has 0 aliphatic carbocycles. The van der Waals surface area contributed by atoms with Crippen LogP contribution in [0.3, 0.4) is 0 Å². The number of aromatic nitrogens is 3. The molecule has 0 unspecified atom stereocenters. The molecule has 1 aliphatic heterocycles. The number of nitrogens with zero attached hydrogens (tertiary/aromatic N) is 4. The van der Waals surface area contributed by atoms with Crippen molar-refractivity contribution >= 4 is 5.82 Å². The van der Waals surface area contributed by atoms with Gasteiger partial charge in [0.15, 0.2) is 0 Å². The molecule has 5 heteroatoms. The zero-order valence-electron chi connectivity index (χ0n) is 8.47. The van der Waals surface area contributed by atoms with Gasteiger partial charge >= 0.3 is 0 Å². The molecule has 0 spiro atoms. The molecule has 0 saturated heterocycles. The van der Waals surface area contributed by atoms with Gasteiger partial charge in [0.05, 0.1) is 12.2 Å². The highest BCUT2D eigenvalue weighted by atomic mass is 19.1. The van der Waals surface area contributed by atoms with E-state index in [2.05, 4.69) is 15.0 Å². The van der Waals surface area contributed by atoms with Gasteiger partial charge in [0, 0.05) is 18.8 Å². The van der Waals surface area contributed by atoms with Crippen molar-refractivity contribution in [2.24, 2.45) is 0 Å². The van der Waals surface area contributed by atoms with Gasteiger partial charge in [-0.2, -0.15) is 4.39 Å². The maximum absolute atomic E-state index is 13.0. The first-order chi connectivity index (χ1) is 7.83. The second-order valence-electron chi connectivity index (χ2n) is 3.66. The fourth-order valence-electron chi connectivity index (χ4n) is 1.86. The summed E-state index contributed by atoms with van der Waals surface area (Å²) < 4.78 is 13.0. The largest absolute Gasteiger partial charge is 0.346 e. The van der Waals surface area contributed by atoms with Crippen molar-refractivity contribution in [3.63, 3.8) is 0 Å². The van der Waals surface area contributed by atoms with Crippen LogP contribution in [0.15, 0.2) is 30.7 Å². The van der Waals surface area contributed by atoms with E-state index in [1.165, 1.54) is 18.0 Å². The maximum Gasteiger partial charge on any atom is 0.218 e. The van der Waals surface area contributed by atoms with E-state index < -0.39 is 5.95 Å². The van der Waals surface area contributed by atoms with Crippen molar-refractivity contribution in [2.75, 3.05) is 4.90 Å². The van der Waals surface area contributed by atoms with E-state index in [0.29, 0.717) is 12.4 Å². The van der Waals surface area contributed by atoms with Gasteiger partial charge in [0.25, 0.3) is 0 Å². The molecular formula is C11H9FN4. The molecule has 0 N–H and O–H groups in total. The third-order valence-corrected chi connectivity index (χ3v) is 2.63. The monoisotopic (exact) mass is 216 g/mol. The number of rotatable bonds is 1. The first kappa shape index (κ1) is 9.21. The van der Waals surface area contributed by atoms with E-state index in [4.69, 9.17) is 0 Å². The van der Waals surface area contributed by atoms with Gasteiger partial charge in [0.2, 0.25) is 5.95 Å². The molecule has 0 aromatic carbocycles. The van der Waals surface area contributed by atoms with E-state index in [1.807, 2.05) is 17.0 Å². The number of pyridine rings is 1. The Hall–Kier alpha value is -2.04. The van der Waals surface area contributed by atoms with E-state index in [9.17, 15) is 4.39 Å². The van der Waals surface area contributed by atoms with Crippen LogP contribution in [-0.4, -0.2) is 15.0 Å². The predicted molar refractivity (Wildman–Crippen MR) is 56.1 cm³/mol. The van der Waals surface area contributed by atoms with Gasteiger partial charge in [0.1, 0.15) is 12.1 Å². The molecular weight excluding hydrogens is 207 g/mol. The summed E-state index contributed by atoms with van der Waals surface area (Å²) in [6.45, 7) is 1.40. The number of hydrogen-bond donors (Lipinski definition) is 0. The summed E-state index contributed by atoms with van der Waals surface area (Å²) in [6.07, 6.45) is 3.00. The lowest BCUT2D eigenvalue weighted by Crippen LogP contribution is -2.16. The zero-order valence-corrected chi connectivity index (χ0v) is 8.47. The minimum absolute atomic E-state index is 0.506. The summed E-state index contributed by atoms with van der Waals surface area (Å²) in [4.78, 5) is 13.7. The lowest BCUT2D eigenvalue weighted by molar-refractivity contribution is 0.578. The molecule has 4 nitrogen and oxygen atoms in total. The molecule has 0 fully saturated rings. The number of halogens is 1. The van der Waals surface area contributed by atoms with Gasteiger partial charge in [-0.15, -0.1) is 0 Å². The van der Waals surface area contributed by atoms with Crippen LogP contribution >= 0.6 is 0 Å². The highest BCUT2D eigenvalue weighted by Crippen LogP contribution is 2.24. The van der Waals surface area contributed by atoms with E-state index >= 15 is 0 Å². The van der Waals surface area contributed by atoms with Gasteiger partial charge in [-0.25, -0.2) is 9.97 Å². The zero-order chi connectivity index (χ0) is 11.0. The first-order valence-electron chi connectivity index (χ1n) is 4.98. The van der Waals surface area contributed by atoms with E-state index in [1.54, 1.807) is 6.20 Å². The van der Waals surface area contributed by atoms with Crippen molar-refractivity contribution in [2.45, 2.75) is 13.1 Å². The summed E-state index contributed by atoms with van der Waals surface area (Å²) in [6, 6.07) is 5.27. The molecule has 0 saturated carbocycles. The van der Waals surface area contributed by atoms with Crippen molar-refractivity contribution in [3.05, 3.63) is 47.9 Å². The second-order valence-corrected chi connectivity index (χ2v) is 3.66. The Balaban J connectivity index is 1.91. The van der Waals surface area contributed by atoms with Gasteiger partial charge < -0.3 is 4.90 Å². The molecule has 3 heterocycles. The average molecular weight is 216 g/mol. The Morgan fingerprint density at radius 2 is 2.12 bits per heavy atom. The highest BCUT2D eigenvalue weighted by molar-refractivity contribution is 5.44. The quantitative estimate of drug-likeness (QED) is 0.678. The highest BCUT2D eigenvalue weighted by Gasteiger charge is 2.20. The normalized spacial score (nSPS) is 13.9. The Morgan fingerprint density at radius 1 is 1.19 bits per heavy atom. The standard InChI is InChI=1S/C11H9FN4/c12-10-4-11(15-7-14-10)16-5-8-2-1-3-13-9(8)6-16/h1-4,7H,5-6H2. The summed E-state index contributed by atoms with van der Waals surface area (Å²) in [5, 5.41) is 0. The summed E-state index contributed by atoms with van der Waals surface area (Å²) in [7, 11) is 0. The van der Waals surface area contributed by atoms with Crippen LogP contribution in [0.2, 0.25) is 0 Å². The summed E-state index contributed by atoms with van der Waals surface area (Å²) in [5.74, 6) is 0.0967. The van der Waals surface area contributed by atoms with Crippen molar-refractivity contribution in [1.29, 1.82) is 0 Å². The van der Waals surface area contributed by atoms with Gasteiger partial charge in [-0.3, -0.25) is 4.98 Å². The molecule has 1 aliphatic rings. The first-order valence-corrected chi connectivity index (χ1v) is 4.98. The molecule has 0 bridgehead atoms. The van der Waals surface area contributed by atoms with Crippen LogP contribution in [0.4, 0.5) is 10.2 Å². The van der Waals surface area contributed by atoms with Crippen LogP contribution in [0.25, 0.3) is 0 Å². The molecule has 0 atom stereocenters. The smallest absolute Gasteiger partial charge is 0.218 e. The summed E-state index contributed by atoms with van der Waals surface area (Å²) in [5.41, 5.74) is 2.20. The van der Waals surface area contributed by atoms with Gasteiger partial charge in [-0.05, 0) is 11.6 Å². The van der Waals surface area contributed by atoms with Crippen molar-refractivity contribution < 1.29 is 4.39 Å². The predicted octanol–water partition coefficient (Wildman–Crippen LogP) is 1.53. The summed E-state index contributed by atoms with van der Waals surface area (Å²) >= 11 is 0. The Morgan fingerprint density at radius 3 is 2.94 bits per heavy atom. The Bertz CT molecular complexity index is 504. The van der Waals surface area contributed by atoms with Gasteiger partial charge in [-0.1, -0.05) is 6.07 Å². The third-order valence-electron chi connectivity index (χ3n) is 2.63. The van der Waals surface area contributed by atoms with Crippen LogP contribution in [0, 0.1) is 5.95 Å². The topological polar surface area (TPSA) is 41.9 Å². The van der Waals surface area contributed by atoms with Crippen LogP contribution < -0.4 is 4.90 Å². The third kappa shape index (κ3) is 1.50. The van der Waals surface area contributed by atoms with Crippen LogP contribution in [-0.2, 0) is 13.1 Å². The Kier molecular flexibility index (Phi) is 2.02. The number of fused-ring (bicyclic) bond motifs is 1. The SMILES string of the molecule is Fc1cc(N2Cc3cccnc3C2)ncn1. The molecule has 3 rings (SSSR count). The number of anilines is 1. The molecule has 80 valence electrons.